The van der Waals surface area contributed by atoms with Crippen molar-refractivity contribution in [3.63, 3.8) is 0 Å². The first kappa shape index (κ1) is 15.8. The van der Waals surface area contributed by atoms with E-state index in [-0.39, 0.29) is 11.7 Å². The fourth-order valence-corrected chi connectivity index (χ4v) is 4.55. The van der Waals surface area contributed by atoms with Crippen molar-refractivity contribution in [3.8, 4) is 0 Å². The third-order valence-electron chi connectivity index (χ3n) is 4.45. The van der Waals surface area contributed by atoms with Gasteiger partial charge in [-0.05, 0) is 43.5 Å². The van der Waals surface area contributed by atoms with Crippen molar-refractivity contribution >= 4 is 33.3 Å². The number of hydrogen-bond acceptors (Lipinski definition) is 4. The molecular weight excluding hydrogens is 320 g/mol. The molecule has 23 heavy (non-hydrogen) atoms. The van der Waals surface area contributed by atoms with Crippen molar-refractivity contribution < 1.29 is 23.1 Å². The number of carbonyl (C=O) groups excluding carboxylic acids is 1. The molecular formula is C15H18N2O5S. The van der Waals surface area contributed by atoms with Crippen LogP contribution in [0.2, 0.25) is 0 Å². The maximum atomic E-state index is 12.1. The van der Waals surface area contributed by atoms with Gasteiger partial charge in [-0.1, -0.05) is 0 Å². The monoisotopic (exact) mass is 338 g/mol. The summed E-state index contributed by atoms with van der Waals surface area (Å²) in [5.74, 6) is -2.18. The number of amides is 1. The first-order valence-corrected chi connectivity index (χ1v) is 9.13. The van der Waals surface area contributed by atoms with Crippen LogP contribution >= 0.6 is 0 Å². The average molecular weight is 338 g/mol. The number of benzene rings is 1. The number of carboxylic acid groups (broad SMARTS) is 1. The topological polar surface area (TPSA) is 104 Å². The van der Waals surface area contributed by atoms with Gasteiger partial charge in [0, 0.05) is 12.2 Å². The summed E-state index contributed by atoms with van der Waals surface area (Å²) >= 11 is 0. The molecule has 0 spiro atoms. The lowest BCUT2D eigenvalue weighted by Crippen LogP contribution is -2.41. The second-order valence-corrected chi connectivity index (χ2v) is 7.92. The van der Waals surface area contributed by atoms with E-state index >= 15 is 0 Å². The summed E-state index contributed by atoms with van der Waals surface area (Å²) in [6.45, 7) is 0.469. The Kier molecular flexibility index (Phi) is 4.01. The van der Waals surface area contributed by atoms with Gasteiger partial charge < -0.3 is 10.4 Å². The Hall–Kier alpha value is -2.09. The maximum absolute atomic E-state index is 12.1. The number of carboxylic acids is 1. The highest BCUT2D eigenvalue weighted by Gasteiger charge is 2.41. The number of hydrogen-bond donors (Lipinski definition) is 2. The van der Waals surface area contributed by atoms with Crippen LogP contribution in [0.25, 0.3) is 0 Å². The number of sulfonamides is 1. The van der Waals surface area contributed by atoms with Gasteiger partial charge in [0.25, 0.3) is 0 Å². The zero-order chi connectivity index (χ0) is 16.6. The number of aliphatic carboxylic acids is 1. The van der Waals surface area contributed by atoms with Crippen LogP contribution in [0.4, 0.5) is 11.4 Å². The summed E-state index contributed by atoms with van der Waals surface area (Å²) in [7, 11) is -3.22. The van der Waals surface area contributed by atoms with Crippen LogP contribution in [-0.2, 0) is 19.6 Å². The van der Waals surface area contributed by atoms with Crippen LogP contribution in [0, 0.1) is 11.8 Å². The van der Waals surface area contributed by atoms with Gasteiger partial charge in [0.15, 0.2) is 0 Å². The van der Waals surface area contributed by atoms with Gasteiger partial charge in [-0.25, -0.2) is 8.42 Å². The highest BCUT2D eigenvalue weighted by atomic mass is 32.2. The van der Waals surface area contributed by atoms with Gasteiger partial charge in [0.2, 0.25) is 15.9 Å². The van der Waals surface area contributed by atoms with Crippen molar-refractivity contribution in [2.75, 3.05) is 21.9 Å². The molecule has 2 atom stereocenters. The lowest BCUT2D eigenvalue weighted by Gasteiger charge is -2.31. The van der Waals surface area contributed by atoms with Crippen molar-refractivity contribution in [3.05, 3.63) is 24.3 Å². The molecule has 0 bridgehead atoms. The molecule has 3 rings (SSSR count). The first-order chi connectivity index (χ1) is 10.9. The summed E-state index contributed by atoms with van der Waals surface area (Å²) < 4.78 is 25.1. The largest absolute Gasteiger partial charge is 0.481 e. The molecule has 1 aliphatic heterocycles. The molecule has 1 aliphatic carbocycles. The van der Waals surface area contributed by atoms with Crippen molar-refractivity contribution in [2.45, 2.75) is 19.3 Å². The van der Waals surface area contributed by atoms with E-state index in [1.807, 2.05) is 0 Å². The van der Waals surface area contributed by atoms with Gasteiger partial charge in [0.05, 0.1) is 23.3 Å². The van der Waals surface area contributed by atoms with Crippen molar-refractivity contribution in [1.29, 1.82) is 0 Å². The Bertz CT molecular complexity index is 729. The summed E-state index contributed by atoms with van der Waals surface area (Å²) in [6, 6.07) is 6.56. The van der Waals surface area contributed by atoms with E-state index in [1.165, 1.54) is 4.31 Å². The molecule has 1 aromatic carbocycles. The van der Waals surface area contributed by atoms with Crippen molar-refractivity contribution in [1.82, 2.24) is 0 Å². The summed E-state index contributed by atoms with van der Waals surface area (Å²) in [5.41, 5.74) is 1.11. The van der Waals surface area contributed by atoms with Crippen LogP contribution < -0.4 is 9.62 Å². The lowest BCUT2D eigenvalue weighted by molar-refractivity contribution is -0.151. The van der Waals surface area contributed by atoms with Crippen molar-refractivity contribution in [2.24, 2.45) is 11.8 Å². The molecule has 0 radical (unpaired) electrons. The lowest BCUT2D eigenvalue weighted by atomic mass is 9.73. The third-order valence-corrected chi connectivity index (χ3v) is 6.32. The highest BCUT2D eigenvalue weighted by Crippen LogP contribution is 2.35. The standard InChI is InChI=1S/C15H18N2O5S/c18-14(12-6-7-13(12)15(19)20)16-10-2-4-11(5-3-10)17-8-1-9-23(17,21)22/h2-5,12-13H,1,6-9H2,(H,16,18)(H,19,20). The SMILES string of the molecule is O=C(O)C1CCC1C(=O)Nc1ccc(N2CCCS2(=O)=O)cc1. The van der Waals surface area contributed by atoms with Gasteiger partial charge in [-0.3, -0.25) is 13.9 Å². The molecule has 1 saturated heterocycles. The Morgan fingerprint density at radius 2 is 1.78 bits per heavy atom. The van der Waals surface area contributed by atoms with Crippen LogP contribution in [-0.4, -0.2) is 37.7 Å². The van der Waals surface area contributed by atoms with E-state index in [1.54, 1.807) is 24.3 Å². The smallest absolute Gasteiger partial charge is 0.307 e. The minimum Gasteiger partial charge on any atom is -0.481 e. The minimum absolute atomic E-state index is 0.156. The molecule has 1 aromatic rings. The number of nitrogens with one attached hydrogen (secondary N) is 1. The van der Waals surface area contributed by atoms with Gasteiger partial charge in [-0.2, -0.15) is 0 Å². The predicted octanol–water partition coefficient (Wildman–Crippen LogP) is 1.28. The number of rotatable bonds is 4. The van der Waals surface area contributed by atoms with E-state index in [0.717, 1.165) is 0 Å². The summed E-state index contributed by atoms with van der Waals surface area (Å²) in [6.07, 6.45) is 1.71. The Morgan fingerprint density at radius 3 is 2.26 bits per heavy atom. The summed E-state index contributed by atoms with van der Waals surface area (Å²) in [5, 5.41) is 11.7. The van der Waals surface area contributed by atoms with E-state index in [9.17, 15) is 18.0 Å². The molecule has 1 amide bonds. The Labute approximate surface area is 134 Å². The fraction of sp³-hybridized carbons (Fsp3) is 0.467. The molecule has 1 heterocycles. The van der Waals surface area contributed by atoms with E-state index in [0.29, 0.717) is 37.2 Å². The maximum Gasteiger partial charge on any atom is 0.307 e. The van der Waals surface area contributed by atoms with Crippen LogP contribution in [0.15, 0.2) is 24.3 Å². The molecule has 124 valence electrons. The van der Waals surface area contributed by atoms with E-state index in [2.05, 4.69) is 5.32 Å². The highest BCUT2D eigenvalue weighted by molar-refractivity contribution is 7.93. The molecule has 2 aliphatic rings. The second-order valence-electron chi connectivity index (χ2n) is 5.91. The first-order valence-electron chi connectivity index (χ1n) is 7.52. The van der Waals surface area contributed by atoms with Gasteiger partial charge in [-0.15, -0.1) is 0 Å². The molecule has 7 nitrogen and oxygen atoms in total. The Balaban J connectivity index is 1.66. The summed E-state index contributed by atoms with van der Waals surface area (Å²) in [4.78, 5) is 23.0. The molecule has 1 saturated carbocycles. The molecule has 8 heteroatoms. The van der Waals surface area contributed by atoms with Gasteiger partial charge >= 0.3 is 5.97 Å². The average Bonchev–Trinajstić information content (AvgIpc) is 2.77. The second kappa shape index (κ2) is 5.84. The minimum atomic E-state index is -3.22. The number of carbonyl (C=O) groups is 2. The van der Waals surface area contributed by atoms with Crippen LogP contribution in [0.5, 0.6) is 0 Å². The molecule has 2 fully saturated rings. The quantitative estimate of drug-likeness (QED) is 0.860. The third kappa shape index (κ3) is 3.03. The Morgan fingerprint density at radius 1 is 1.13 bits per heavy atom. The van der Waals surface area contributed by atoms with Crippen LogP contribution in [0.1, 0.15) is 19.3 Å². The number of anilines is 2. The molecule has 2 N–H and O–H groups in total. The van der Waals surface area contributed by atoms with Gasteiger partial charge in [0.1, 0.15) is 0 Å². The van der Waals surface area contributed by atoms with E-state index < -0.39 is 27.8 Å². The normalized spacial score (nSPS) is 25.7. The molecule has 0 aromatic heterocycles. The fourth-order valence-electron chi connectivity index (χ4n) is 2.98. The zero-order valence-electron chi connectivity index (χ0n) is 12.4. The predicted molar refractivity (Wildman–Crippen MR) is 84.7 cm³/mol. The zero-order valence-corrected chi connectivity index (χ0v) is 13.3. The molecule has 2 unspecified atom stereocenters. The number of nitrogens with zero attached hydrogens (tertiary/aromatic N) is 1. The van der Waals surface area contributed by atoms with Crippen LogP contribution in [0.3, 0.4) is 0 Å². The van der Waals surface area contributed by atoms with E-state index in [4.69, 9.17) is 5.11 Å².